The molecule has 0 atom stereocenters. The number of nitrogens with two attached hydrogens (primary N) is 1. The van der Waals surface area contributed by atoms with E-state index in [2.05, 4.69) is 4.74 Å². The second-order valence-corrected chi connectivity index (χ2v) is 4.74. The maximum absolute atomic E-state index is 11.4. The molecule has 92 valence electrons. The van der Waals surface area contributed by atoms with Crippen LogP contribution in [0.15, 0.2) is 18.2 Å². The minimum absolute atomic E-state index is 0.305. The lowest BCUT2D eigenvalue weighted by Crippen LogP contribution is -2.51. The molecule has 0 unspecified atom stereocenters. The fourth-order valence-corrected chi connectivity index (χ4v) is 2.33. The van der Waals surface area contributed by atoms with E-state index in [4.69, 9.17) is 5.73 Å². The molecule has 1 aliphatic rings. The van der Waals surface area contributed by atoms with Crippen molar-refractivity contribution in [1.29, 1.82) is 0 Å². The molecule has 0 heterocycles. The van der Waals surface area contributed by atoms with Crippen molar-refractivity contribution in [1.82, 2.24) is 0 Å². The van der Waals surface area contributed by atoms with Gasteiger partial charge in [0, 0.05) is 5.54 Å². The number of aliphatic hydroxyl groups excluding tert-OH is 1. The van der Waals surface area contributed by atoms with Crippen LogP contribution in [0.1, 0.15) is 34.3 Å². The fourth-order valence-electron chi connectivity index (χ4n) is 2.33. The number of esters is 1. The van der Waals surface area contributed by atoms with E-state index < -0.39 is 5.54 Å². The average Bonchev–Trinajstić information content (AvgIpc) is 2.26. The van der Waals surface area contributed by atoms with E-state index in [0.717, 1.165) is 11.1 Å². The topological polar surface area (TPSA) is 72.5 Å². The summed E-state index contributed by atoms with van der Waals surface area (Å²) in [7, 11) is 1.36. The summed E-state index contributed by atoms with van der Waals surface area (Å²) in [4.78, 5) is 11.4. The molecule has 3 N–H and O–H groups in total. The summed E-state index contributed by atoms with van der Waals surface area (Å²) in [5.41, 5.74) is 8.09. The molecule has 0 amide bonds. The van der Waals surface area contributed by atoms with E-state index in [-0.39, 0.29) is 12.1 Å². The van der Waals surface area contributed by atoms with Crippen LogP contribution in [0.2, 0.25) is 0 Å². The van der Waals surface area contributed by atoms with Gasteiger partial charge in [0.05, 0.1) is 18.8 Å². The van der Waals surface area contributed by atoms with Crippen LogP contribution in [0.3, 0.4) is 0 Å². The Kier molecular flexibility index (Phi) is 2.93. The fraction of sp³-hybridized carbons (Fsp3) is 0.462. The first-order valence-electron chi connectivity index (χ1n) is 5.63. The molecule has 0 radical (unpaired) electrons. The second kappa shape index (κ2) is 4.13. The van der Waals surface area contributed by atoms with Gasteiger partial charge in [0.25, 0.3) is 0 Å². The third-order valence-corrected chi connectivity index (χ3v) is 3.41. The predicted molar refractivity (Wildman–Crippen MR) is 63.6 cm³/mol. The molecule has 2 rings (SSSR count). The highest BCUT2D eigenvalue weighted by Crippen LogP contribution is 2.39. The van der Waals surface area contributed by atoms with Crippen LogP contribution in [0.5, 0.6) is 0 Å². The number of methoxy groups -OCH3 is 1. The summed E-state index contributed by atoms with van der Waals surface area (Å²) >= 11 is 0. The molecular weight excluding hydrogens is 218 g/mol. The molecule has 0 saturated heterocycles. The minimum Gasteiger partial charge on any atom is -0.465 e. The standard InChI is InChI=1S/C13H17NO3/c1-8-5-9(13(14)6-10(15)7-13)3-4-11(8)12(16)17-2/h3-5,10,15H,6-7,14H2,1-2H3. The van der Waals surface area contributed by atoms with Gasteiger partial charge in [-0.15, -0.1) is 0 Å². The van der Waals surface area contributed by atoms with E-state index in [1.165, 1.54) is 7.11 Å². The van der Waals surface area contributed by atoms with Crippen LogP contribution >= 0.6 is 0 Å². The van der Waals surface area contributed by atoms with Crippen molar-refractivity contribution in [3.05, 3.63) is 34.9 Å². The lowest BCUT2D eigenvalue weighted by atomic mass is 9.70. The number of carbonyl (C=O) groups is 1. The van der Waals surface area contributed by atoms with E-state index in [0.29, 0.717) is 18.4 Å². The maximum atomic E-state index is 11.4. The predicted octanol–water partition coefficient (Wildman–Crippen LogP) is 1.09. The summed E-state index contributed by atoms with van der Waals surface area (Å²) in [6.45, 7) is 1.86. The summed E-state index contributed by atoms with van der Waals surface area (Å²) in [5, 5.41) is 9.34. The van der Waals surface area contributed by atoms with Crippen molar-refractivity contribution in [2.24, 2.45) is 5.73 Å². The Bertz CT molecular complexity index is 450. The Balaban J connectivity index is 2.28. The largest absolute Gasteiger partial charge is 0.465 e. The van der Waals surface area contributed by atoms with Gasteiger partial charge >= 0.3 is 5.97 Å². The van der Waals surface area contributed by atoms with Gasteiger partial charge in [-0.3, -0.25) is 0 Å². The minimum atomic E-state index is -0.446. The molecule has 1 aliphatic carbocycles. The van der Waals surface area contributed by atoms with E-state index in [1.807, 2.05) is 19.1 Å². The first-order valence-corrected chi connectivity index (χ1v) is 5.63. The molecule has 0 aliphatic heterocycles. The number of rotatable bonds is 2. The number of aryl methyl sites for hydroxylation is 1. The second-order valence-electron chi connectivity index (χ2n) is 4.74. The first-order chi connectivity index (χ1) is 7.96. The van der Waals surface area contributed by atoms with Crippen LogP contribution in [0, 0.1) is 6.92 Å². The maximum Gasteiger partial charge on any atom is 0.338 e. The van der Waals surface area contributed by atoms with Gasteiger partial charge in [-0.2, -0.15) is 0 Å². The molecular formula is C13H17NO3. The summed E-state index contributed by atoms with van der Waals surface area (Å²) in [5.74, 6) is -0.339. The summed E-state index contributed by atoms with van der Waals surface area (Å²) < 4.78 is 4.69. The van der Waals surface area contributed by atoms with Crippen LogP contribution < -0.4 is 5.73 Å². The Morgan fingerprint density at radius 2 is 2.18 bits per heavy atom. The molecule has 0 aromatic heterocycles. The zero-order valence-corrected chi connectivity index (χ0v) is 10.1. The Morgan fingerprint density at radius 3 is 2.65 bits per heavy atom. The van der Waals surface area contributed by atoms with Gasteiger partial charge in [-0.1, -0.05) is 12.1 Å². The normalized spacial score (nSPS) is 27.4. The quantitative estimate of drug-likeness (QED) is 0.753. The molecule has 17 heavy (non-hydrogen) atoms. The number of ether oxygens (including phenoxy) is 1. The van der Waals surface area contributed by atoms with Crippen LogP contribution in [0.4, 0.5) is 0 Å². The van der Waals surface area contributed by atoms with Crippen LogP contribution in [-0.4, -0.2) is 24.3 Å². The smallest absolute Gasteiger partial charge is 0.338 e. The van der Waals surface area contributed by atoms with Crippen molar-refractivity contribution < 1.29 is 14.6 Å². The van der Waals surface area contributed by atoms with Gasteiger partial charge in [-0.05, 0) is 37.0 Å². The lowest BCUT2D eigenvalue weighted by molar-refractivity contribution is 0.0208. The average molecular weight is 235 g/mol. The Labute approximate surface area is 100 Å². The van der Waals surface area contributed by atoms with E-state index in [1.54, 1.807) is 6.07 Å². The third kappa shape index (κ3) is 2.06. The third-order valence-electron chi connectivity index (χ3n) is 3.41. The monoisotopic (exact) mass is 235 g/mol. The van der Waals surface area contributed by atoms with Crippen molar-refractivity contribution in [2.45, 2.75) is 31.4 Å². The highest BCUT2D eigenvalue weighted by molar-refractivity contribution is 5.91. The van der Waals surface area contributed by atoms with E-state index in [9.17, 15) is 9.90 Å². The Morgan fingerprint density at radius 1 is 1.53 bits per heavy atom. The van der Waals surface area contributed by atoms with Gasteiger partial charge in [-0.25, -0.2) is 4.79 Å². The number of carbonyl (C=O) groups excluding carboxylic acids is 1. The Hall–Kier alpha value is -1.39. The highest BCUT2D eigenvalue weighted by atomic mass is 16.5. The molecule has 0 spiro atoms. The van der Waals surface area contributed by atoms with Crippen LogP contribution in [0.25, 0.3) is 0 Å². The zero-order chi connectivity index (χ0) is 12.6. The van der Waals surface area contributed by atoms with Gasteiger partial charge in [0.2, 0.25) is 0 Å². The molecule has 1 saturated carbocycles. The first kappa shape index (κ1) is 12.1. The molecule has 1 aromatic carbocycles. The summed E-state index contributed by atoms with van der Waals surface area (Å²) in [6.07, 6.45) is 0.842. The molecule has 1 aromatic rings. The molecule has 0 bridgehead atoms. The van der Waals surface area contributed by atoms with Gasteiger partial charge < -0.3 is 15.6 Å². The van der Waals surface area contributed by atoms with E-state index >= 15 is 0 Å². The number of hydrogen-bond acceptors (Lipinski definition) is 4. The lowest BCUT2D eigenvalue weighted by Gasteiger charge is -2.42. The zero-order valence-electron chi connectivity index (χ0n) is 10.1. The van der Waals surface area contributed by atoms with Crippen molar-refractivity contribution in [3.63, 3.8) is 0 Å². The number of benzene rings is 1. The van der Waals surface area contributed by atoms with Crippen molar-refractivity contribution >= 4 is 5.97 Å². The van der Waals surface area contributed by atoms with Gasteiger partial charge in [0.1, 0.15) is 0 Å². The highest BCUT2D eigenvalue weighted by Gasteiger charge is 2.41. The molecule has 1 fully saturated rings. The number of aliphatic hydroxyl groups is 1. The SMILES string of the molecule is COC(=O)c1ccc(C2(N)CC(O)C2)cc1C. The number of hydrogen-bond donors (Lipinski definition) is 2. The molecule has 4 nitrogen and oxygen atoms in total. The van der Waals surface area contributed by atoms with Crippen molar-refractivity contribution in [2.75, 3.05) is 7.11 Å². The summed E-state index contributed by atoms with van der Waals surface area (Å²) in [6, 6.07) is 5.47. The van der Waals surface area contributed by atoms with Crippen molar-refractivity contribution in [3.8, 4) is 0 Å². The van der Waals surface area contributed by atoms with Crippen LogP contribution in [-0.2, 0) is 10.3 Å². The van der Waals surface area contributed by atoms with Gasteiger partial charge in [0.15, 0.2) is 0 Å². The molecule has 4 heteroatoms.